The molecule has 196 valence electrons. The van der Waals surface area contributed by atoms with E-state index in [4.69, 9.17) is 33.9 Å². The second-order valence-corrected chi connectivity index (χ2v) is 10.9. The highest BCUT2D eigenvalue weighted by atomic mass is 35.5. The summed E-state index contributed by atoms with van der Waals surface area (Å²) in [5.41, 5.74) is 8.43. The second-order valence-electron chi connectivity index (χ2n) is 10.1. The van der Waals surface area contributed by atoms with Gasteiger partial charge < -0.3 is 25.4 Å². The van der Waals surface area contributed by atoms with Crippen molar-refractivity contribution in [2.24, 2.45) is 5.73 Å². The quantitative estimate of drug-likeness (QED) is 0.487. The summed E-state index contributed by atoms with van der Waals surface area (Å²) in [6.07, 6.45) is 4.29. The van der Waals surface area contributed by atoms with E-state index in [2.05, 4.69) is 21.8 Å². The normalized spacial score (nSPS) is 21.1. The van der Waals surface area contributed by atoms with Gasteiger partial charge in [-0.05, 0) is 76.0 Å². The van der Waals surface area contributed by atoms with Gasteiger partial charge in [-0.2, -0.15) is 0 Å². The molecule has 1 saturated heterocycles. The van der Waals surface area contributed by atoms with Gasteiger partial charge >= 0.3 is 6.03 Å². The maximum Gasteiger partial charge on any atom is 0.312 e. The second kappa shape index (κ2) is 10.9. The van der Waals surface area contributed by atoms with Crippen molar-refractivity contribution < 1.29 is 9.59 Å². The molecule has 2 aromatic carbocycles. The van der Waals surface area contributed by atoms with Crippen LogP contribution in [-0.4, -0.2) is 70.6 Å². The molecule has 37 heavy (non-hydrogen) atoms. The molecular weight excluding hydrogens is 511 g/mol. The molecule has 0 radical (unpaired) electrons. The van der Waals surface area contributed by atoms with Crippen molar-refractivity contribution in [1.29, 1.82) is 0 Å². The first-order chi connectivity index (χ1) is 17.8. The number of fused-ring (bicyclic) bond motifs is 1. The summed E-state index contributed by atoms with van der Waals surface area (Å²) in [5, 5.41) is 3.76. The highest BCUT2D eigenvalue weighted by Crippen LogP contribution is 2.40. The molecule has 1 aliphatic heterocycles. The third-order valence-electron chi connectivity index (χ3n) is 7.54. The number of rotatable bonds is 4. The molecule has 3 N–H and O–H groups in total. The van der Waals surface area contributed by atoms with Crippen molar-refractivity contribution in [2.75, 3.05) is 33.2 Å². The molecular formula is C27H32Cl2N6O2. The van der Waals surface area contributed by atoms with E-state index in [9.17, 15) is 9.59 Å². The summed E-state index contributed by atoms with van der Waals surface area (Å²) < 4.78 is 2.22. The fourth-order valence-corrected chi connectivity index (χ4v) is 5.96. The minimum Gasteiger partial charge on any atom is -0.352 e. The Hall–Kier alpha value is -2.81. The van der Waals surface area contributed by atoms with Crippen LogP contribution in [0, 0.1) is 0 Å². The highest BCUT2D eigenvalue weighted by Gasteiger charge is 2.28. The first-order valence-corrected chi connectivity index (χ1v) is 13.6. The molecule has 5 rings (SSSR count). The summed E-state index contributed by atoms with van der Waals surface area (Å²) in [4.78, 5) is 33.9. The van der Waals surface area contributed by atoms with Crippen LogP contribution in [0.5, 0.6) is 0 Å². The van der Waals surface area contributed by atoms with Crippen LogP contribution in [0.3, 0.4) is 0 Å². The lowest BCUT2D eigenvalue weighted by molar-refractivity contribution is 0.0763. The number of benzene rings is 2. The molecule has 2 aliphatic rings. The van der Waals surface area contributed by atoms with Crippen LogP contribution in [0.4, 0.5) is 4.79 Å². The molecule has 3 amide bonds. The Morgan fingerprint density at radius 2 is 1.81 bits per heavy atom. The van der Waals surface area contributed by atoms with E-state index in [1.807, 2.05) is 35.2 Å². The fourth-order valence-electron chi connectivity index (χ4n) is 5.58. The third kappa shape index (κ3) is 5.42. The molecule has 0 bridgehead atoms. The number of imidazole rings is 1. The molecule has 3 aromatic rings. The molecule has 0 spiro atoms. The topological polar surface area (TPSA) is 96.5 Å². The number of carbonyl (C=O) groups excluding carboxylic acids is 2. The minimum absolute atomic E-state index is 0.0344. The van der Waals surface area contributed by atoms with Crippen LogP contribution in [0.25, 0.3) is 22.4 Å². The van der Waals surface area contributed by atoms with Gasteiger partial charge in [0.05, 0.1) is 21.1 Å². The summed E-state index contributed by atoms with van der Waals surface area (Å²) >= 11 is 13.0. The van der Waals surface area contributed by atoms with E-state index in [0.29, 0.717) is 22.2 Å². The van der Waals surface area contributed by atoms with Crippen molar-refractivity contribution in [3.63, 3.8) is 0 Å². The molecule has 2 heterocycles. The van der Waals surface area contributed by atoms with Crippen LogP contribution in [-0.2, 0) is 0 Å². The number of urea groups is 1. The number of carbonyl (C=O) groups is 2. The highest BCUT2D eigenvalue weighted by molar-refractivity contribution is 6.43. The van der Waals surface area contributed by atoms with Crippen LogP contribution in [0.1, 0.15) is 48.5 Å². The molecule has 1 saturated carbocycles. The fraction of sp³-hybridized carbons (Fsp3) is 0.444. The Balaban J connectivity index is 1.52. The van der Waals surface area contributed by atoms with Crippen molar-refractivity contribution in [3.05, 3.63) is 52.0 Å². The average molecular weight is 543 g/mol. The van der Waals surface area contributed by atoms with E-state index in [-0.39, 0.29) is 18.0 Å². The van der Waals surface area contributed by atoms with Gasteiger partial charge in [-0.1, -0.05) is 29.3 Å². The lowest BCUT2D eigenvalue weighted by Crippen LogP contribution is -2.41. The van der Waals surface area contributed by atoms with Gasteiger partial charge in [0.25, 0.3) is 5.91 Å². The average Bonchev–Trinajstić information content (AvgIpc) is 3.11. The molecule has 2 fully saturated rings. The van der Waals surface area contributed by atoms with Gasteiger partial charge in [0.2, 0.25) is 0 Å². The summed E-state index contributed by atoms with van der Waals surface area (Å²) in [7, 11) is 2.09. The maximum absolute atomic E-state index is 13.4. The standard InChI is InChI=1S/C27H32Cl2N6O2/c1-33-12-3-13-34(15-14-33)26(36)17-6-11-23-22(16-17)32-25(20-4-2-5-21(28)24(20)29)35(23)19-9-7-18(8-10-19)31-27(30)37/h2,4-6,11,16,18-19H,3,7-10,12-15H2,1H3,(H3,30,31,37)/t18-,19-. The predicted octanol–water partition coefficient (Wildman–Crippen LogP) is 4.94. The first-order valence-electron chi connectivity index (χ1n) is 12.8. The van der Waals surface area contributed by atoms with E-state index in [0.717, 1.165) is 74.2 Å². The number of nitrogens with two attached hydrogens (primary N) is 1. The Kier molecular flexibility index (Phi) is 7.60. The van der Waals surface area contributed by atoms with E-state index in [1.54, 1.807) is 6.07 Å². The van der Waals surface area contributed by atoms with Crippen LogP contribution >= 0.6 is 23.2 Å². The number of primary amides is 1. The monoisotopic (exact) mass is 542 g/mol. The summed E-state index contributed by atoms with van der Waals surface area (Å²) in [6, 6.07) is 11.1. The zero-order valence-corrected chi connectivity index (χ0v) is 22.4. The van der Waals surface area contributed by atoms with Gasteiger partial charge in [0.15, 0.2) is 0 Å². The number of aromatic nitrogens is 2. The van der Waals surface area contributed by atoms with Crippen molar-refractivity contribution >= 4 is 46.2 Å². The number of hydrogen-bond acceptors (Lipinski definition) is 4. The van der Waals surface area contributed by atoms with Gasteiger partial charge in [0.1, 0.15) is 5.82 Å². The van der Waals surface area contributed by atoms with Gasteiger partial charge in [-0.3, -0.25) is 4.79 Å². The van der Waals surface area contributed by atoms with Crippen LogP contribution in [0.2, 0.25) is 10.0 Å². The Labute approximate surface area is 226 Å². The van der Waals surface area contributed by atoms with E-state index < -0.39 is 6.03 Å². The number of nitrogens with one attached hydrogen (secondary N) is 1. The number of nitrogens with zero attached hydrogens (tertiary/aromatic N) is 4. The molecule has 10 heteroatoms. The van der Waals surface area contributed by atoms with Gasteiger partial charge in [-0.15, -0.1) is 0 Å². The van der Waals surface area contributed by atoms with E-state index in [1.165, 1.54) is 0 Å². The van der Waals surface area contributed by atoms with Crippen molar-refractivity contribution in [1.82, 2.24) is 24.7 Å². The minimum atomic E-state index is -0.490. The van der Waals surface area contributed by atoms with Crippen LogP contribution in [0.15, 0.2) is 36.4 Å². The molecule has 1 aromatic heterocycles. The Morgan fingerprint density at radius 3 is 2.57 bits per heavy atom. The molecule has 0 atom stereocenters. The zero-order chi connectivity index (χ0) is 26.1. The Bertz CT molecular complexity index is 1320. The smallest absolute Gasteiger partial charge is 0.312 e. The van der Waals surface area contributed by atoms with Crippen molar-refractivity contribution in [2.45, 2.75) is 44.2 Å². The molecule has 1 aliphatic carbocycles. The number of amides is 3. The third-order valence-corrected chi connectivity index (χ3v) is 8.36. The predicted molar refractivity (Wildman–Crippen MR) is 147 cm³/mol. The first kappa shape index (κ1) is 25.8. The number of halogens is 2. The summed E-state index contributed by atoms with van der Waals surface area (Å²) in [5.74, 6) is 0.766. The summed E-state index contributed by atoms with van der Waals surface area (Å²) in [6.45, 7) is 3.33. The maximum atomic E-state index is 13.4. The number of hydrogen-bond donors (Lipinski definition) is 2. The largest absolute Gasteiger partial charge is 0.352 e. The SMILES string of the molecule is CN1CCCN(C(=O)c2ccc3c(c2)nc(-c2cccc(Cl)c2Cl)n3[C@H]2CC[C@H](NC(N)=O)CC2)CC1. The number of likely N-dealkylation sites (N-methyl/N-ethyl adjacent to an activating group) is 1. The molecule has 0 unspecified atom stereocenters. The van der Waals surface area contributed by atoms with Crippen LogP contribution < -0.4 is 11.1 Å². The lowest BCUT2D eigenvalue weighted by atomic mass is 9.90. The lowest BCUT2D eigenvalue weighted by Gasteiger charge is -2.31. The Morgan fingerprint density at radius 1 is 1.03 bits per heavy atom. The van der Waals surface area contributed by atoms with Gasteiger partial charge in [0, 0.05) is 42.8 Å². The van der Waals surface area contributed by atoms with Gasteiger partial charge in [-0.25, -0.2) is 9.78 Å². The zero-order valence-electron chi connectivity index (χ0n) is 20.9. The molecule has 8 nitrogen and oxygen atoms in total. The van der Waals surface area contributed by atoms with E-state index >= 15 is 0 Å². The van der Waals surface area contributed by atoms with Crippen molar-refractivity contribution in [3.8, 4) is 11.4 Å².